The minimum Gasteiger partial charge on any atom is -0.342 e. The van der Waals surface area contributed by atoms with Gasteiger partial charge < -0.3 is 4.90 Å². The molecule has 0 radical (unpaired) electrons. The lowest BCUT2D eigenvalue weighted by Crippen LogP contribution is -2.36. The fourth-order valence-corrected chi connectivity index (χ4v) is 2.24. The third-order valence-corrected chi connectivity index (χ3v) is 3.25. The maximum Gasteiger partial charge on any atom is 0.222 e. The van der Waals surface area contributed by atoms with Crippen LogP contribution in [0, 0.1) is 5.92 Å². The Kier molecular flexibility index (Phi) is 5.74. The molecule has 1 aliphatic rings. The molecule has 0 aromatic rings. The normalized spacial score (nSPS) is 23.3. The molecule has 1 fully saturated rings. The molecule has 88 valence electrons. The second-order valence-electron chi connectivity index (χ2n) is 4.90. The van der Waals surface area contributed by atoms with Crippen molar-refractivity contribution in [1.29, 1.82) is 0 Å². The van der Waals surface area contributed by atoms with Gasteiger partial charge in [-0.05, 0) is 25.2 Å². The molecule has 0 saturated carbocycles. The van der Waals surface area contributed by atoms with Gasteiger partial charge in [-0.2, -0.15) is 0 Å². The summed E-state index contributed by atoms with van der Waals surface area (Å²) in [6.07, 6.45) is 8.05. The van der Waals surface area contributed by atoms with Gasteiger partial charge in [-0.3, -0.25) is 4.79 Å². The molecule has 2 heteroatoms. The first kappa shape index (κ1) is 12.5. The molecule has 0 aliphatic carbocycles. The van der Waals surface area contributed by atoms with Crippen LogP contribution in [0.3, 0.4) is 0 Å². The predicted molar refractivity (Wildman–Crippen MR) is 63.7 cm³/mol. The molecule has 1 amide bonds. The highest BCUT2D eigenvalue weighted by molar-refractivity contribution is 5.76. The summed E-state index contributed by atoms with van der Waals surface area (Å²) in [5.41, 5.74) is 0. The molecule has 1 atom stereocenters. The van der Waals surface area contributed by atoms with E-state index in [1.54, 1.807) is 0 Å². The average Bonchev–Trinajstić information content (AvgIpc) is 2.19. The van der Waals surface area contributed by atoms with E-state index in [0.29, 0.717) is 11.8 Å². The van der Waals surface area contributed by atoms with Gasteiger partial charge in [0.2, 0.25) is 5.91 Å². The second kappa shape index (κ2) is 6.86. The first-order chi connectivity index (χ1) is 7.24. The van der Waals surface area contributed by atoms with Crippen molar-refractivity contribution in [1.82, 2.24) is 4.90 Å². The van der Waals surface area contributed by atoms with E-state index in [4.69, 9.17) is 0 Å². The van der Waals surface area contributed by atoms with E-state index in [9.17, 15) is 4.79 Å². The van der Waals surface area contributed by atoms with E-state index in [0.717, 1.165) is 32.4 Å². The van der Waals surface area contributed by atoms with E-state index in [2.05, 4.69) is 18.7 Å². The summed E-state index contributed by atoms with van der Waals surface area (Å²) in [7, 11) is 0. The van der Waals surface area contributed by atoms with Crippen molar-refractivity contribution in [3.63, 3.8) is 0 Å². The van der Waals surface area contributed by atoms with Gasteiger partial charge in [0.15, 0.2) is 0 Å². The lowest BCUT2D eigenvalue weighted by Gasteiger charge is -2.28. The Bertz CT molecular complexity index is 191. The van der Waals surface area contributed by atoms with Crippen LogP contribution in [0.1, 0.15) is 58.8 Å². The third-order valence-electron chi connectivity index (χ3n) is 3.25. The highest BCUT2D eigenvalue weighted by Gasteiger charge is 2.17. The molecular formula is C13H25NO. The summed E-state index contributed by atoms with van der Waals surface area (Å²) < 4.78 is 0. The number of nitrogens with zero attached hydrogens (tertiary/aromatic N) is 1. The molecule has 1 unspecified atom stereocenters. The van der Waals surface area contributed by atoms with Crippen molar-refractivity contribution in [3.05, 3.63) is 0 Å². The standard InChI is InChI=1S/C13H25NO/c1-3-4-9-13(15)14-10-7-5-6-8-12(2)11-14/h12H,3-11H2,1-2H3. The zero-order valence-corrected chi connectivity index (χ0v) is 10.3. The highest BCUT2D eigenvalue weighted by atomic mass is 16.2. The molecule has 1 saturated heterocycles. The van der Waals surface area contributed by atoms with Crippen LogP contribution < -0.4 is 0 Å². The number of rotatable bonds is 3. The Labute approximate surface area is 94.0 Å². The Morgan fingerprint density at radius 1 is 1.33 bits per heavy atom. The van der Waals surface area contributed by atoms with E-state index >= 15 is 0 Å². The van der Waals surface area contributed by atoms with E-state index in [-0.39, 0.29) is 0 Å². The van der Waals surface area contributed by atoms with Crippen molar-refractivity contribution in [3.8, 4) is 0 Å². The molecule has 0 aromatic carbocycles. The molecule has 1 rings (SSSR count). The lowest BCUT2D eigenvalue weighted by molar-refractivity contribution is -0.132. The summed E-state index contributed by atoms with van der Waals surface area (Å²) >= 11 is 0. The quantitative estimate of drug-likeness (QED) is 0.702. The molecule has 0 bridgehead atoms. The van der Waals surface area contributed by atoms with Crippen LogP contribution in [0.15, 0.2) is 0 Å². The largest absolute Gasteiger partial charge is 0.342 e. The van der Waals surface area contributed by atoms with E-state index in [1.807, 2.05) is 0 Å². The van der Waals surface area contributed by atoms with Crippen molar-refractivity contribution in [2.24, 2.45) is 5.92 Å². The fourth-order valence-electron chi connectivity index (χ4n) is 2.24. The minimum absolute atomic E-state index is 0.380. The molecular weight excluding hydrogens is 186 g/mol. The Balaban J connectivity index is 2.38. The Morgan fingerprint density at radius 3 is 2.87 bits per heavy atom. The maximum atomic E-state index is 11.9. The number of hydrogen-bond acceptors (Lipinski definition) is 1. The zero-order chi connectivity index (χ0) is 11.1. The Hall–Kier alpha value is -0.530. The van der Waals surface area contributed by atoms with Crippen LogP contribution in [-0.4, -0.2) is 23.9 Å². The van der Waals surface area contributed by atoms with E-state index in [1.165, 1.54) is 25.7 Å². The maximum absolute atomic E-state index is 11.9. The topological polar surface area (TPSA) is 20.3 Å². The van der Waals surface area contributed by atoms with Gasteiger partial charge in [0.1, 0.15) is 0 Å². The van der Waals surface area contributed by atoms with Gasteiger partial charge in [0.05, 0.1) is 0 Å². The third kappa shape index (κ3) is 4.67. The van der Waals surface area contributed by atoms with Crippen LogP contribution in [-0.2, 0) is 4.79 Å². The molecule has 0 spiro atoms. The number of hydrogen-bond donors (Lipinski definition) is 0. The Morgan fingerprint density at radius 2 is 2.13 bits per heavy atom. The number of likely N-dealkylation sites (tertiary alicyclic amines) is 1. The average molecular weight is 211 g/mol. The molecule has 0 aromatic heterocycles. The SMILES string of the molecule is CCCCC(=O)N1CCCCCC(C)C1. The first-order valence-corrected chi connectivity index (χ1v) is 6.51. The van der Waals surface area contributed by atoms with Crippen molar-refractivity contribution < 1.29 is 4.79 Å². The number of carbonyl (C=O) groups is 1. The van der Waals surface area contributed by atoms with Gasteiger partial charge in [-0.25, -0.2) is 0 Å². The summed E-state index contributed by atoms with van der Waals surface area (Å²) in [6.45, 7) is 6.39. The molecule has 1 aliphatic heterocycles. The molecule has 0 N–H and O–H groups in total. The van der Waals surface area contributed by atoms with Crippen LogP contribution in [0.2, 0.25) is 0 Å². The number of unbranched alkanes of at least 4 members (excludes halogenated alkanes) is 1. The van der Waals surface area contributed by atoms with Crippen LogP contribution >= 0.6 is 0 Å². The van der Waals surface area contributed by atoms with Crippen molar-refractivity contribution in [2.75, 3.05) is 13.1 Å². The summed E-state index contributed by atoms with van der Waals surface area (Å²) in [5, 5.41) is 0. The van der Waals surface area contributed by atoms with E-state index < -0.39 is 0 Å². The van der Waals surface area contributed by atoms with Gasteiger partial charge in [0, 0.05) is 19.5 Å². The zero-order valence-electron chi connectivity index (χ0n) is 10.3. The molecule has 2 nitrogen and oxygen atoms in total. The van der Waals surface area contributed by atoms with Crippen molar-refractivity contribution in [2.45, 2.75) is 58.8 Å². The summed E-state index contributed by atoms with van der Waals surface area (Å²) in [5.74, 6) is 1.07. The van der Waals surface area contributed by atoms with Gasteiger partial charge in [0.25, 0.3) is 0 Å². The summed E-state index contributed by atoms with van der Waals surface area (Å²) in [4.78, 5) is 14.0. The van der Waals surface area contributed by atoms with Crippen LogP contribution in [0.4, 0.5) is 0 Å². The van der Waals surface area contributed by atoms with Crippen LogP contribution in [0.5, 0.6) is 0 Å². The summed E-state index contributed by atoms with van der Waals surface area (Å²) in [6, 6.07) is 0. The lowest BCUT2D eigenvalue weighted by atomic mass is 9.99. The molecule has 1 heterocycles. The number of carbonyl (C=O) groups excluding carboxylic acids is 1. The van der Waals surface area contributed by atoms with Gasteiger partial charge >= 0.3 is 0 Å². The monoisotopic (exact) mass is 211 g/mol. The smallest absolute Gasteiger partial charge is 0.222 e. The highest BCUT2D eigenvalue weighted by Crippen LogP contribution is 2.16. The van der Waals surface area contributed by atoms with Gasteiger partial charge in [-0.15, -0.1) is 0 Å². The van der Waals surface area contributed by atoms with Crippen molar-refractivity contribution >= 4 is 5.91 Å². The van der Waals surface area contributed by atoms with Crippen LogP contribution in [0.25, 0.3) is 0 Å². The fraction of sp³-hybridized carbons (Fsp3) is 0.923. The second-order valence-corrected chi connectivity index (χ2v) is 4.90. The van der Waals surface area contributed by atoms with Gasteiger partial charge in [-0.1, -0.05) is 33.1 Å². The minimum atomic E-state index is 0.380. The predicted octanol–water partition coefficient (Wildman–Crippen LogP) is 3.22. The number of amides is 1. The first-order valence-electron chi connectivity index (χ1n) is 6.51. The molecule has 15 heavy (non-hydrogen) atoms.